The van der Waals surface area contributed by atoms with E-state index in [2.05, 4.69) is 25.3 Å². The molecule has 1 aliphatic heterocycles. The maximum Gasteiger partial charge on any atom is 0.194 e. The minimum Gasteiger partial charge on any atom is -0.349 e. The number of likely N-dealkylation sites (tertiary alicyclic amines) is 1. The quantitative estimate of drug-likeness (QED) is 0.455. The van der Waals surface area contributed by atoms with Gasteiger partial charge in [-0.05, 0) is 24.7 Å². The zero-order valence-electron chi connectivity index (χ0n) is 13.6. The smallest absolute Gasteiger partial charge is 0.194 e. The average Bonchev–Trinajstić information content (AvgIpc) is 3.08. The average molecular weight is 418 g/mol. The van der Waals surface area contributed by atoms with Gasteiger partial charge in [-0.1, -0.05) is 19.3 Å². The third-order valence-electron chi connectivity index (χ3n) is 5.07. The van der Waals surface area contributed by atoms with Crippen LogP contribution in [0.3, 0.4) is 0 Å². The van der Waals surface area contributed by atoms with Crippen molar-refractivity contribution in [3.8, 4) is 0 Å². The first-order chi connectivity index (χ1) is 10.2. The van der Waals surface area contributed by atoms with Crippen LogP contribution < -0.4 is 5.32 Å². The van der Waals surface area contributed by atoms with Gasteiger partial charge >= 0.3 is 0 Å². The first-order valence-corrected chi connectivity index (χ1v) is 8.01. The van der Waals surface area contributed by atoms with Crippen LogP contribution >= 0.6 is 24.0 Å². The Hall–Kier alpha value is -0.860. The number of halogens is 1. The van der Waals surface area contributed by atoms with Crippen molar-refractivity contribution in [2.75, 3.05) is 20.1 Å². The Morgan fingerprint density at radius 2 is 2.09 bits per heavy atom. The van der Waals surface area contributed by atoms with E-state index >= 15 is 0 Å². The highest BCUT2D eigenvalue weighted by Crippen LogP contribution is 2.43. The van der Waals surface area contributed by atoms with E-state index in [9.17, 15) is 0 Å². The van der Waals surface area contributed by atoms with Gasteiger partial charge in [0.1, 0.15) is 12.2 Å². The van der Waals surface area contributed by atoms with Gasteiger partial charge in [0, 0.05) is 27.2 Å². The Kier molecular flexibility index (Phi) is 6.05. The zero-order chi connectivity index (χ0) is 14.7. The van der Waals surface area contributed by atoms with E-state index in [-0.39, 0.29) is 24.0 Å². The second kappa shape index (κ2) is 7.61. The molecule has 2 heterocycles. The molecular weight excluding hydrogens is 391 g/mol. The lowest BCUT2D eigenvalue weighted by Crippen LogP contribution is -2.41. The summed E-state index contributed by atoms with van der Waals surface area (Å²) in [6, 6.07) is 0. The summed E-state index contributed by atoms with van der Waals surface area (Å²) in [5.74, 6) is 1.93. The van der Waals surface area contributed by atoms with Gasteiger partial charge < -0.3 is 10.2 Å². The molecule has 1 N–H and O–H groups in total. The van der Waals surface area contributed by atoms with E-state index in [1.807, 2.05) is 14.1 Å². The highest BCUT2D eigenvalue weighted by molar-refractivity contribution is 14.0. The molecule has 0 unspecified atom stereocenters. The van der Waals surface area contributed by atoms with Gasteiger partial charge in [0.05, 0.1) is 6.54 Å². The van der Waals surface area contributed by atoms with Crippen molar-refractivity contribution in [1.29, 1.82) is 0 Å². The normalized spacial score (nSPS) is 21.0. The van der Waals surface area contributed by atoms with Crippen molar-refractivity contribution in [3.05, 3.63) is 12.2 Å². The number of rotatable bonds is 2. The first-order valence-electron chi connectivity index (χ1n) is 8.01. The summed E-state index contributed by atoms with van der Waals surface area (Å²) in [5.41, 5.74) is 0.556. The molecule has 3 rings (SSSR count). The van der Waals surface area contributed by atoms with Gasteiger partial charge in [0.15, 0.2) is 5.96 Å². The van der Waals surface area contributed by atoms with Crippen LogP contribution in [0.25, 0.3) is 0 Å². The van der Waals surface area contributed by atoms with Crippen LogP contribution in [0.1, 0.15) is 44.3 Å². The molecule has 1 spiro atoms. The van der Waals surface area contributed by atoms with E-state index < -0.39 is 0 Å². The van der Waals surface area contributed by atoms with Crippen LogP contribution in [0.2, 0.25) is 0 Å². The number of aromatic nitrogens is 3. The lowest BCUT2D eigenvalue weighted by atomic mass is 9.73. The van der Waals surface area contributed by atoms with Crippen LogP contribution in [-0.2, 0) is 13.6 Å². The van der Waals surface area contributed by atoms with Gasteiger partial charge in [-0.3, -0.25) is 9.67 Å². The van der Waals surface area contributed by atoms with E-state index in [0.717, 1.165) is 24.9 Å². The second-order valence-electron chi connectivity index (χ2n) is 6.43. The van der Waals surface area contributed by atoms with Crippen LogP contribution in [0, 0.1) is 5.41 Å². The summed E-state index contributed by atoms with van der Waals surface area (Å²) in [6.07, 6.45) is 9.91. The summed E-state index contributed by atoms with van der Waals surface area (Å²) < 4.78 is 1.80. The Labute approximate surface area is 149 Å². The number of hydrogen-bond donors (Lipinski definition) is 1. The predicted octanol–water partition coefficient (Wildman–Crippen LogP) is 2.16. The predicted molar refractivity (Wildman–Crippen MR) is 98.3 cm³/mol. The second-order valence-corrected chi connectivity index (χ2v) is 6.43. The Bertz CT molecular complexity index is 506. The molecule has 0 bridgehead atoms. The molecule has 0 radical (unpaired) electrons. The van der Waals surface area contributed by atoms with Crippen molar-refractivity contribution < 1.29 is 0 Å². The Balaban J connectivity index is 0.00000176. The fourth-order valence-electron chi connectivity index (χ4n) is 3.80. The van der Waals surface area contributed by atoms with Crippen molar-refractivity contribution in [3.63, 3.8) is 0 Å². The van der Waals surface area contributed by atoms with Crippen LogP contribution in [-0.4, -0.2) is 45.8 Å². The molecule has 1 aromatic heterocycles. The van der Waals surface area contributed by atoms with Gasteiger partial charge in [-0.2, -0.15) is 5.10 Å². The van der Waals surface area contributed by atoms with Gasteiger partial charge in [0.25, 0.3) is 0 Å². The molecule has 0 amide bonds. The lowest BCUT2D eigenvalue weighted by Gasteiger charge is -2.33. The molecule has 0 aromatic carbocycles. The maximum absolute atomic E-state index is 4.45. The van der Waals surface area contributed by atoms with Gasteiger partial charge in [0.2, 0.25) is 0 Å². The molecule has 1 saturated heterocycles. The summed E-state index contributed by atoms with van der Waals surface area (Å²) in [6.45, 7) is 2.96. The van der Waals surface area contributed by atoms with Gasteiger partial charge in [-0.25, -0.2) is 4.98 Å². The van der Waals surface area contributed by atoms with Crippen LogP contribution in [0.15, 0.2) is 11.3 Å². The molecule has 2 aliphatic rings. The van der Waals surface area contributed by atoms with Crippen LogP contribution in [0.5, 0.6) is 0 Å². The Morgan fingerprint density at radius 3 is 2.73 bits per heavy atom. The first kappa shape index (κ1) is 17.5. The van der Waals surface area contributed by atoms with E-state index in [0.29, 0.717) is 12.0 Å². The minimum atomic E-state index is 0. The Morgan fingerprint density at radius 1 is 1.32 bits per heavy atom. The van der Waals surface area contributed by atoms with Crippen molar-refractivity contribution in [2.24, 2.45) is 17.5 Å². The van der Waals surface area contributed by atoms with E-state index in [1.165, 1.54) is 38.5 Å². The van der Waals surface area contributed by atoms with E-state index in [4.69, 9.17) is 0 Å². The number of hydrogen-bond acceptors (Lipinski definition) is 3. The van der Waals surface area contributed by atoms with Crippen molar-refractivity contribution >= 4 is 29.9 Å². The molecule has 1 saturated carbocycles. The molecule has 1 aromatic rings. The molecule has 7 heteroatoms. The zero-order valence-corrected chi connectivity index (χ0v) is 15.9. The number of nitrogens with one attached hydrogen (secondary N) is 1. The lowest BCUT2D eigenvalue weighted by molar-refractivity contribution is 0.203. The van der Waals surface area contributed by atoms with Crippen molar-refractivity contribution in [1.82, 2.24) is 25.0 Å². The topological polar surface area (TPSA) is 58.3 Å². The SMILES string of the molecule is CN=C(NCc1ncnn1C)N1CCC2(CCCCC2)C1.I. The molecule has 2 fully saturated rings. The maximum atomic E-state index is 4.45. The molecule has 22 heavy (non-hydrogen) atoms. The molecule has 124 valence electrons. The third kappa shape index (κ3) is 3.72. The highest BCUT2D eigenvalue weighted by atomic mass is 127. The number of guanidine groups is 1. The highest BCUT2D eigenvalue weighted by Gasteiger charge is 2.39. The number of aryl methyl sites for hydroxylation is 1. The van der Waals surface area contributed by atoms with Gasteiger partial charge in [-0.15, -0.1) is 24.0 Å². The fraction of sp³-hybridized carbons (Fsp3) is 0.800. The minimum absolute atomic E-state index is 0. The summed E-state index contributed by atoms with van der Waals surface area (Å²) in [4.78, 5) is 11.1. The van der Waals surface area contributed by atoms with Crippen molar-refractivity contribution in [2.45, 2.75) is 45.1 Å². The summed E-state index contributed by atoms with van der Waals surface area (Å²) in [7, 11) is 3.78. The molecule has 6 nitrogen and oxygen atoms in total. The largest absolute Gasteiger partial charge is 0.349 e. The monoisotopic (exact) mass is 418 g/mol. The summed E-state index contributed by atoms with van der Waals surface area (Å²) in [5, 5.41) is 7.53. The van der Waals surface area contributed by atoms with Crippen LogP contribution in [0.4, 0.5) is 0 Å². The number of aliphatic imine (C=N–C) groups is 1. The fourth-order valence-corrected chi connectivity index (χ4v) is 3.80. The third-order valence-corrected chi connectivity index (χ3v) is 5.07. The van der Waals surface area contributed by atoms with E-state index in [1.54, 1.807) is 11.0 Å². The summed E-state index contributed by atoms with van der Waals surface area (Å²) >= 11 is 0. The number of nitrogens with zero attached hydrogens (tertiary/aromatic N) is 5. The standard InChI is InChI=1S/C15H26N6.HI/c1-16-14(17-10-13-18-12-19-20(13)2)21-9-8-15(11-21)6-4-3-5-7-15;/h12H,3-11H2,1-2H3,(H,16,17);1H. The molecule has 0 atom stereocenters. The molecule has 1 aliphatic carbocycles. The molecular formula is C15H27IN6.